The molecule has 2 aromatic rings. The Labute approximate surface area is 180 Å². The van der Waals surface area contributed by atoms with Crippen LogP contribution in [0.4, 0.5) is 5.69 Å². The van der Waals surface area contributed by atoms with Gasteiger partial charge in [0.15, 0.2) is 9.84 Å². The van der Waals surface area contributed by atoms with Gasteiger partial charge in [-0.2, -0.15) is 0 Å². The number of nitrogens with one attached hydrogen (secondary N) is 1. The topological polar surface area (TPSA) is 131 Å². The highest BCUT2D eigenvalue weighted by Crippen LogP contribution is 2.32. The Bertz CT molecular complexity index is 1040. The maximum absolute atomic E-state index is 12.7. The van der Waals surface area contributed by atoms with Gasteiger partial charge in [0.25, 0.3) is 0 Å². The number of carboxylic acid groups (broad SMARTS) is 1. The van der Waals surface area contributed by atoms with Crippen LogP contribution in [0, 0.1) is 0 Å². The van der Waals surface area contributed by atoms with Crippen LogP contribution >= 0.6 is 0 Å². The molecule has 0 unspecified atom stereocenters. The van der Waals surface area contributed by atoms with E-state index in [1.807, 2.05) is 0 Å². The molecule has 10 heteroatoms. The highest BCUT2D eigenvalue weighted by atomic mass is 32.2. The van der Waals surface area contributed by atoms with Crippen LogP contribution in [0.1, 0.15) is 16.7 Å². The van der Waals surface area contributed by atoms with E-state index in [0.29, 0.717) is 39.6 Å². The first-order chi connectivity index (χ1) is 14.7. The van der Waals surface area contributed by atoms with Crippen molar-refractivity contribution in [3.8, 4) is 17.2 Å². The number of aliphatic carboxylic acids is 1. The van der Waals surface area contributed by atoms with Crippen LogP contribution in [0.5, 0.6) is 17.2 Å². The third kappa shape index (κ3) is 6.63. The van der Waals surface area contributed by atoms with E-state index < -0.39 is 15.8 Å². The molecule has 31 heavy (non-hydrogen) atoms. The maximum Gasteiger partial charge on any atom is 0.322 e. The molecule has 3 N–H and O–H groups in total. The molecule has 2 rings (SSSR count). The highest BCUT2D eigenvalue weighted by Gasteiger charge is 2.14. The zero-order valence-electron chi connectivity index (χ0n) is 17.4. The van der Waals surface area contributed by atoms with E-state index in [-0.39, 0.29) is 18.9 Å². The minimum Gasteiger partial charge on any atom is -0.496 e. The summed E-state index contributed by atoms with van der Waals surface area (Å²) in [6, 6.07) is 7.88. The molecule has 168 valence electrons. The molecule has 0 saturated heterocycles. The minimum absolute atomic E-state index is 0.218. The van der Waals surface area contributed by atoms with Gasteiger partial charge in [-0.25, -0.2) is 8.42 Å². The van der Waals surface area contributed by atoms with E-state index in [1.54, 1.807) is 24.3 Å². The number of aliphatic hydroxyl groups is 1. The van der Waals surface area contributed by atoms with Crippen LogP contribution in [0.2, 0.25) is 0 Å². The number of hydrogen-bond donors (Lipinski definition) is 3. The van der Waals surface area contributed by atoms with E-state index in [0.717, 1.165) is 5.41 Å². The molecule has 0 atom stereocenters. The number of benzene rings is 2. The van der Waals surface area contributed by atoms with Crippen LogP contribution in [0.25, 0.3) is 6.08 Å². The van der Waals surface area contributed by atoms with Crippen molar-refractivity contribution in [1.82, 2.24) is 0 Å². The number of ether oxygens (including phenoxy) is 3. The molecule has 0 amide bonds. The van der Waals surface area contributed by atoms with E-state index >= 15 is 0 Å². The Balaban J connectivity index is 2.31. The van der Waals surface area contributed by atoms with Crippen LogP contribution in [0.3, 0.4) is 0 Å². The first-order valence-electron chi connectivity index (χ1n) is 9.12. The second-order valence-electron chi connectivity index (χ2n) is 6.46. The van der Waals surface area contributed by atoms with Gasteiger partial charge in [0.1, 0.15) is 23.8 Å². The molecule has 9 nitrogen and oxygen atoms in total. The molecule has 0 aliphatic heterocycles. The second kappa shape index (κ2) is 10.7. The van der Waals surface area contributed by atoms with Crippen molar-refractivity contribution in [1.29, 1.82) is 0 Å². The van der Waals surface area contributed by atoms with Gasteiger partial charge in [0.05, 0.1) is 44.9 Å². The van der Waals surface area contributed by atoms with Crippen LogP contribution in [0.15, 0.2) is 35.7 Å². The third-order valence-electron chi connectivity index (χ3n) is 4.29. The first-order valence-corrected chi connectivity index (χ1v) is 10.8. The van der Waals surface area contributed by atoms with Crippen molar-refractivity contribution in [2.45, 2.75) is 12.4 Å². The van der Waals surface area contributed by atoms with Crippen LogP contribution in [-0.4, -0.2) is 52.5 Å². The number of hydrogen-bond acceptors (Lipinski definition) is 8. The molecule has 0 fully saturated rings. The van der Waals surface area contributed by atoms with E-state index in [1.165, 1.54) is 33.5 Å². The van der Waals surface area contributed by atoms with Gasteiger partial charge in [-0.1, -0.05) is 6.07 Å². The summed E-state index contributed by atoms with van der Waals surface area (Å²) in [6.45, 7) is -0.555. The van der Waals surface area contributed by atoms with E-state index in [2.05, 4.69) is 5.32 Å². The lowest BCUT2D eigenvalue weighted by Gasteiger charge is -2.13. The molecular formula is C21H25NO8S. The molecule has 0 saturated carbocycles. The van der Waals surface area contributed by atoms with Crippen LogP contribution < -0.4 is 19.5 Å². The van der Waals surface area contributed by atoms with Crippen molar-refractivity contribution in [3.63, 3.8) is 0 Å². The number of carboxylic acids is 1. The number of methoxy groups -OCH3 is 3. The van der Waals surface area contributed by atoms with Gasteiger partial charge < -0.3 is 29.7 Å². The number of rotatable bonds is 11. The Morgan fingerprint density at radius 2 is 1.61 bits per heavy atom. The standard InChI is InChI=1S/C21H25NO8S/c1-28-18-5-4-14(8-17(18)22-11-21(24)25)13-31(26,27)7-6-16-19(29-2)9-15(12-23)10-20(16)30-3/h4-10,22-23H,11-13H2,1-3H3,(H,24,25)/b7-6+. The fourth-order valence-corrected chi connectivity index (χ4v) is 3.94. The van der Waals surface area contributed by atoms with Crippen molar-refractivity contribution in [3.05, 3.63) is 52.4 Å². The summed E-state index contributed by atoms with van der Waals surface area (Å²) in [5.74, 6) is -0.248. The predicted octanol–water partition coefficient (Wildman–Crippen LogP) is 2.29. The van der Waals surface area contributed by atoms with Crippen molar-refractivity contribution in [2.75, 3.05) is 33.2 Å². The van der Waals surface area contributed by atoms with Gasteiger partial charge in [0.2, 0.25) is 0 Å². The first kappa shape index (κ1) is 24.0. The van der Waals surface area contributed by atoms with Crippen molar-refractivity contribution < 1.29 is 37.6 Å². The fourth-order valence-electron chi connectivity index (χ4n) is 2.85. The number of carbonyl (C=O) groups is 1. The van der Waals surface area contributed by atoms with Gasteiger partial charge in [-0.05, 0) is 41.5 Å². The summed E-state index contributed by atoms with van der Waals surface area (Å²) < 4.78 is 41.1. The molecule has 0 aliphatic rings. The summed E-state index contributed by atoms with van der Waals surface area (Å²) in [5, 5.41) is 22.0. The lowest BCUT2D eigenvalue weighted by atomic mass is 10.1. The average molecular weight is 451 g/mol. The maximum atomic E-state index is 12.7. The lowest BCUT2D eigenvalue weighted by Crippen LogP contribution is -2.13. The SMILES string of the molecule is COc1ccc(CS(=O)(=O)/C=C/c2c(OC)cc(CO)cc2OC)cc1NCC(=O)O. The minimum atomic E-state index is -3.69. The molecule has 0 spiro atoms. The zero-order chi connectivity index (χ0) is 23.0. The summed E-state index contributed by atoms with van der Waals surface area (Å²) in [6.07, 6.45) is 1.38. The summed E-state index contributed by atoms with van der Waals surface area (Å²) >= 11 is 0. The van der Waals surface area contributed by atoms with Gasteiger partial charge in [-0.3, -0.25) is 4.79 Å². The van der Waals surface area contributed by atoms with Gasteiger partial charge >= 0.3 is 5.97 Å². The Morgan fingerprint density at radius 3 is 2.13 bits per heavy atom. The van der Waals surface area contributed by atoms with E-state index in [9.17, 15) is 18.3 Å². The third-order valence-corrected chi connectivity index (χ3v) is 5.58. The molecule has 0 heterocycles. The second-order valence-corrected chi connectivity index (χ2v) is 8.35. The Kier molecular flexibility index (Phi) is 8.29. The molecule has 0 bridgehead atoms. The molecule has 0 aromatic heterocycles. The predicted molar refractivity (Wildman–Crippen MR) is 116 cm³/mol. The Hall–Kier alpha value is -3.24. The number of sulfone groups is 1. The fraction of sp³-hybridized carbons (Fsp3) is 0.286. The normalized spacial score (nSPS) is 11.4. The van der Waals surface area contributed by atoms with Gasteiger partial charge in [0, 0.05) is 5.41 Å². The van der Waals surface area contributed by atoms with Crippen molar-refractivity contribution >= 4 is 27.6 Å². The zero-order valence-corrected chi connectivity index (χ0v) is 18.2. The monoisotopic (exact) mass is 451 g/mol. The van der Waals surface area contributed by atoms with Gasteiger partial charge in [-0.15, -0.1) is 0 Å². The quantitative estimate of drug-likeness (QED) is 0.471. The highest BCUT2D eigenvalue weighted by molar-refractivity contribution is 7.93. The molecule has 2 aromatic carbocycles. The number of anilines is 1. The lowest BCUT2D eigenvalue weighted by molar-refractivity contribution is -0.134. The molecule has 0 radical (unpaired) electrons. The summed E-state index contributed by atoms with van der Waals surface area (Å²) in [5.41, 5.74) is 1.81. The average Bonchev–Trinajstić information content (AvgIpc) is 2.75. The van der Waals surface area contributed by atoms with Crippen molar-refractivity contribution in [2.24, 2.45) is 0 Å². The molecular weight excluding hydrogens is 426 g/mol. The summed E-state index contributed by atoms with van der Waals surface area (Å²) in [4.78, 5) is 10.8. The summed E-state index contributed by atoms with van der Waals surface area (Å²) in [7, 11) is 0.612. The molecule has 0 aliphatic carbocycles. The van der Waals surface area contributed by atoms with Crippen LogP contribution in [-0.2, 0) is 27.0 Å². The largest absolute Gasteiger partial charge is 0.496 e. The Morgan fingerprint density at radius 1 is 1.00 bits per heavy atom. The smallest absolute Gasteiger partial charge is 0.322 e. The number of aliphatic hydroxyl groups excluding tert-OH is 1. The van der Waals surface area contributed by atoms with E-state index in [4.69, 9.17) is 19.3 Å².